The van der Waals surface area contributed by atoms with Gasteiger partial charge < -0.3 is 15.2 Å². The van der Waals surface area contributed by atoms with E-state index in [-0.39, 0.29) is 27.2 Å². The quantitative estimate of drug-likeness (QED) is 0.662. The fourth-order valence-corrected chi connectivity index (χ4v) is 2.76. The summed E-state index contributed by atoms with van der Waals surface area (Å²) in [5, 5.41) is 12.5. The molecular weight excluding hydrogens is 401 g/mol. The number of amides is 1. The van der Waals surface area contributed by atoms with Crippen molar-refractivity contribution in [3.8, 4) is 5.75 Å². The lowest BCUT2D eigenvalue weighted by Crippen LogP contribution is -2.47. The van der Waals surface area contributed by atoms with Gasteiger partial charge in [-0.3, -0.25) is 4.79 Å². The molecule has 0 saturated carbocycles. The highest BCUT2D eigenvalue weighted by molar-refractivity contribution is 6.43. The van der Waals surface area contributed by atoms with Crippen LogP contribution in [0.1, 0.15) is 12.5 Å². The van der Waals surface area contributed by atoms with Gasteiger partial charge >= 0.3 is 5.97 Å². The SMILES string of the molecule is CC(Oc1cc(Cl)c(Cl)cc1Cl)C(=O)NC(Cc1ccccc1)C(=O)O. The van der Waals surface area contributed by atoms with E-state index in [2.05, 4.69) is 5.32 Å². The third-order valence-electron chi connectivity index (χ3n) is 3.55. The van der Waals surface area contributed by atoms with E-state index in [9.17, 15) is 14.7 Å². The standard InChI is InChI=1S/C18H16Cl3NO4/c1-10(26-16-9-13(20)12(19)8-14(16)21)17(23)22-15(18(24)25)7-11-5-3-2-4-6-11/h2-6,8-10,15H,7H2,1H3,(H,22,23)(H,24,25). The lowest BCUT2D eigenvalue weighted by atomic mass is 10.1. The van der Waals surface area contributed by atoms with E-state index in [1.165, 1.54) is 19.1 Å². The highest BCUT2D eigenvalue weighted by Gasteiger charge is 2.25. The van der Waals surface area contributed by atoms with E-state index in [0.29, 0.717) is 0 Å². The average Bonchev–Trinajstić information content (AvgIpc) is 2.59. The Kier molecular flexibility index (Phi) is 7.14. The number of hydrogen-bond acceptors (Lipinski definition) is 3. The second kappa shape index (κ2) is 9.12. The molecule has 0 radical (unpaired) electrons. The number of benzene rings is 2. The van der Waals surface area contributed by atoms with Crippen LogP contribution in [0.5, 0.6) is 5.75 Å². The third-order valence-corrected chi connectivity index (χ3v) is 4.56. The van der Waals surface area contributed by atoms with Crippen LogP contribution in [0.2, 0.25) is 15.1 Å². The molecule has 0 aliphatic rings. The predicted molar refractivity (Wildman–Crippen MR) is 101 cm³/mol. The minimum atomic E-state index is -1.14. The van der Waals surface area contributed by atoms with Gasteiger partial charge in [-0.15, -0.1) is 0 Å². The van der Waals surface area contributed by atoms with Gasteiger partial charge in [-0.25, -0.2) is 4.79 Å². The van der Waals surface area contributed by atoms with Crippen molar-refractivity contribution >= 4 is 46.7 Å². The van der Waals surface area contributed by atoms with E-state index in [0.717, 1.165) is 5.56 Å². The first-order chi connectivity index (χ1) is 12.3. The summed E-state index contributed by atoms with van der Waals surface area (Å²) in [6, 6.07) is 10.7. The number of carbonyl (C=O) groups excluding carboxylic acids is 1. The van der Waals surface area contributed by atoms with Crippen LogP contribution >= 0.6 is 34.8 Å². The van der Waals surface area contributed by atoms with Crippen LogP contribution in [0.25, 0.3) is 0 Å². The maximum absolute atomic E-state index is 12.3. The average molecular weight is 417 g/mol. The van der Waals surface area contributed by atoms with Crippen molar-refractivity contribution in [1.29, 1.82) is 0 Å². The third kappa shape index (κ3) is 5.53. The zero-order valence-corrected chi connectivity index (χ0v) is 16.0. The molecule has 0 aliphatic carbocycles. The summed E-state index contributed by atoms with van der Waals surface area (Å²) in [7, 11) is 0. The molecular formula is C18H16Cl3NO4. The summed E-state index contributed by atoms with van der Waals surface area (Å²) in [4.78, 5) is 23.8. The summed E-state index contributed by atoms with van der Waals surface area (Å²) in [5.74, 6) is -1.55. The summed E-state index contributed by atoms with van der Waals surface area (Å²) < 4.78 is 5.49. The summed E-state index contributed by atoms with van der Waals surface area (Å²) in [5.41, 5.74) is 0.793. The second-order valence-corrected chi connectivity index (χ2v) is 6.77. The Bertz CT molecular complexity index is 799. The molecule has 0 fully saturated rings. The van der Waals surface area contributed by atoms with Crippen molar-refractivity contribution in [2.75, 3.05) is 0 Å². The Morgan fingerprint density at radius 2 is 1.69 bits per heavy atom. The van der Waals surface area contributed by atoms with Crippen LogP contribution in [0.4, 0.5) is 0 Å². The highest BCUT2D eigenvalue weighted by Crippen LogP contribution is 2.34. The van der Waals surface area contributed by atoms with Crippen LogP contribution in [0.15, 0.2) is 42.5 Å². The molecule has 26 heavy (non-hydrogen) atoms. The molecule has 0 saturated heterocycles. The van der Waals surface area contributed by atoms with E-state index >= 15 is 0 Å². The van der Waals surface area contributed by atoms with Crippen molar-refractivity contribution in [1.82, 2.24) is 5.32 Å². The fraction of sp³-hybridized carbons (Fsp3) is 0.222. The number of aliphatic carboxylic acids is 1. The van der Waals surface area contributed by atoms with Crippen LogP contribution in [-0.4, -0.2) is 29.1 Å². The van der Waals surface area contributed by atoms with E-state index in [4.69, 9.17) is 39.5 Å². The van der Waals surface area contributed by atoms with E-state index < -0.39 is 24.0 Å². The van der Waals surface area contributed by atoms with Crippen LogP contribution < -0.4 is 10.1 Å². The summed E-state index contributed by atoms with van der Waals surface area (Å²) in [6.07, 6.45) is -0.829. The lowest BCUT2D eigenvalue weighted by molar-refractivity contribution is -0.142. The van der Waals surface area contributed by atoms with Gasteiger partial charge in [0.2, 0.25) is 0 Å². The Balaban J connectivity index is 2.04. The van der Waals surface area contributed by atoms with E-state index in [1.807, 2.05) is 6.07 Å². The second-order valence-electron chi connectivity index (χ2n) is 5.55. The van der Waals surface area contributed by atoms with Crippen molar-refractivity contribution in [3.05, 3.63) is 63.1 Å². The molecule has 0 aliphatic heterocycles. The van der Waals surface area contributed by atoms with Gasteiger partial charge in [0.1, 0.15) is 11.8 Å². The Labute approximate surface area is 165 Å². The van der Waals surface area contributed by atoms with Crippen LogP contribution in [0, 0.1) is 0 Å². The first-order valence-electron chi connectivity index (χ1n) is 7.66. The van der Waals surface area contributed by atoms with Gasteiger partial charge in [0.25, 0.3) is 5.91 Å². The van der Waals surface area contributed by atoms with Gasteiger partial charge in [0, 0.05) is 12.5 Å². The van der Waals surface area contributed by atoms with Gasteiger partial charge in [0.15, 0.2) is 6.10 Å². The normalized spacial score (nSPS) is 12.9. The zero-order valence-electron chi connectivity index (χ0n) is 13.7. The minimum absolute atomic E-state index is 0.155. The maximum atomic E-state index is 12.3. The van der Waals surface area contributed by atoms with Gasteiger partial charge in [-0.1, -0.05) is 65.1 Å². The number of carbonyl (C=O) groups is 2. The number of carboxylic acid groups (broad SMARTS) is 1. The number of rotatable bonds is 7. The molecule has 0 bridgehead atoms. The smallest absolute Gasteiger partial charge is 0.326 e. The van der Waals surface area contributed by atoms with E-state index in [1.54, 1.807) is 24.3 Å². The Morgan fingerprint density at radius 3 is 2.31 bits per heavy atom. The molecule has 2 atom stereocenters. The Morgan fingerprint density at radius 1 is 1.08 bits per heavy atom. The number of nitrogens with one attached hydrogen (secondary N) is 1. The minimum Gasteiger partial charge on any atom is -0.480 e. The van der Waals surface area contributed by atoms with Gasteiger partial charge in [-0.05, 0) is 18.6 Å². The molecule has 2 N–H and O–H groups in total. The van der Waals surface area contributed by atoms with Crippen molar-refractivity contribution < 1.29 is 19.4 Å². The topological polar surface area (TPSA) is 75.6 Å². The molecule has 2 rings (SSSR count). The summed E-state index contributed by atoms with van der Waals surface area (Å²) >= 11 is 17.8. The molecule has 0 heterocycles. The molecule has 0 spiro atoms. The van der Waals surface area contributed by atoms with Crippen molar-refractivity contribution in [3.63, 3.8) is 0 Å². The van der Waals surface area contributed by atoms with Crippen molar-refractivity contribution in [2.45, 2.75) is 25.5 Å². The van der Waals surface area contributed by atoms with Gasteiger partial charge in [0.05, 0.1) is 15.1 Å². The lowest BCUT2D eigenvalue weighted by Gasteiger charge is -2.19. The van der Waals surface area contributed by atoms with Gasteiger partial charge in [-0.2, -0.15) is 0 Å². The molecule has 2 aromatic carbocycles. The molecule has 2 unspecified atom stereocenters. The number of ether oxygens (including phenoxy) is 1. The fourth-order valence-electron chi connectivity index (χ4n) is 2.18. The largest absolute Gasteiger partial charge is 0.480 e. The number of hydrogen-bond donors (Lipinski definition) is 2. The van der Waals surface area contributed by atoms with Crippen LogP contribution in [-0.2, 0) is 16.0 Å². The molecule has 8 heteroatoms. The van der Waals surface area contributed by atoms with Crippen molar-refractivity contribution in [2.24, 2.45) is 0 Å². The first kappa shape index (κ1) is 20.4. The molecule has 138 valence electrons. The zero-order chi connectivity index (χ0) is 19.3. The number of carboxylic acids is 1. The molecule has 0 aromatic heterocycles. The maximum Gasteiger partial charge on any atom is 0.326 e. The highest BCUT2D eigenvalue weighted by atomic mass is 35.5. The Hall–Kier alpha value is -1.95. The monoisotopic (exact) mass is 415 g/mol. The molecule has 2 aromatic rings. The molecule has 1 amide bonds. The summed E-state index contributed by atoms with van der Waals surface area (Å²) in [6.45, 7) is 1.48. The molecule has 5 nitrogen and oxygen atoms in total. The van der Waals surface area contributed by atoms with Crippen LogP contribution in [0.3, 0.4) is 0 Å². The first-order valence-corrected chi connectivity index (χ1v) is 8.79. The number of halogens is 3. The predicted octanol–water partition coefficient (Wildman–Crippen LogP) is 4.23.